The Morgan fingerprint density at radius 1 is 1.19 bits per heavy atom. The summed E-state index contributed by atoms with van der Waals surface area (Å²) in [5, 5.41) is 10.1. The van der Waals surface area contributed by atoms with Crippen LogP contribution in [-0.4, -0.2) is 40.6 Å². The predicted octanol–water partition coefficient (Wildman–Crippen LogP) is 4.05. The van der Waals surface area contributed by atoms with Crippen molar-refractivity contribution in [2.24, 2.45) is 0 Å². The number of nitrogens with zero attached hydrogens (tertiary/aromatic N) is 4. The second kappa shape index (κ2) is 7.96. The summed E-state index contributed by atoms with van der Waals surface area (Å²) in [6.45, 7) is 5.86. The van der Waals surface area contributed by atoms with E-state index in [1.807, 2.05) is 12.1 Å². The number of aromatic nitrogens is 3. The first-order chi connectivity index (χ1) is 12.7. The average molecular weight is 377 g/mol. The minimum absolute atomic E-state index is 0.175. The quantitative estimate of drug-likeness (QED) is 0.712. The largest absolute Gasteiger partial charge is 0.376 e. The van der Waals surface area contributed by atoms with Crippen LogP contribution in [-0.2, 0) is 11.3 Å². The maximum Gasteiger partial charge on any atom is 0.228 e. The van der Waals surface area contributed by atoms with Crippen LogP contribution >= 0.6 is 11.8 Å². The van der Waals surface area contributed by atoms with E-state index in [1.54, 1.807) is 11.8 Å². The molecule has 26 heavy (non-hydrogen) atoms. The Labute approximate surface area is 157 Å². The summed E-state index contributed by atoms with van der Waals surface area (Å²) in [6.07, 6.45) is 4.88. The Morgan fingerprint density at radius 2 is 1.96 bits per heavy atom. The van der Waals surface area contributed by atoms with Gasteiger partial charge in [0.2, 0.25) is 5.95 Å². The van der Waals surface area contributed by atoms with Gasteiger partial charge >= 0.3 is 0 Å². The van der Waals surface area contributed by atoms with Crippen LogP contribution in [0.15, 0.2) is 29.4 Å². The highest BCUT2D eigenvalue weighted by Gasteiger charge is 2.26. The molecule has 0 aliphatic carbocycles. The number of anilines is 1. The third kappa shape index (κ3) is 3.88. The molecular formula is C19H25FN4OS. The minimum Gasteiger partial charge on any atom is -0.376 e. The maximum absolute atomic E-state index is 13.2. The van der Waals surface area contributed by atoms with E-state index in [9.17, 15) is 4.39 Å². The van der Waals surface area contributed by atoms with Gasteiger partial charge in [0.05, 0.1) is 12.6 Å². The van der Waals surface area contributed by atoms with E-state index < -0.39 is 0 Å². The fourth-order valence-electron chi connectivity index (χ4n) is 3.63. The Kier molecular flexibility index (Phi) is 5.45. The summed E-state index contributed by atoms with van der Waals surface area (Å²) in [4.78, 5) is 2.33. The second-order valence-corrected chi connectivity index (χ2v) is 8.34. The van der Waals surface area contributed by atoms with Crippen molar-refractivity contribution < 1.29 is 9.13 Å². The van der Waals surface area contributed by atoms with Crippen LogP contribution in [0.5, 0.6) is 0 Å². The Morgan fingerprint density at radius 3 is 2.65 bits per heavy atom. The van der Waals surface area contributed by atoms with Gasteiger partial charge in [-0.15, -0.1) is 10.2 Å². The SMILES string of the molecule is C[C@@H](Sc1nnc(N2CCCC2)n1C[C@H]1CCCO1)c1ccc(F)cc1. The van der Waals surface area contributed by atoms with Crippen molar-refractivity contribution in [1.29, 1.82) is 0 Å². The number of ether oxygens (including phenoxy) is 1. The van der Waals surface area contributed by atoms with E-state index >= 15 is 0 Å². The van der Waals surface area contributed by atoms with Crippen molar-refractivity contribution in [1.82, 2.24) is 14.8 Å². The van der Waals surface area contributed by atoms with Gasteiger partial charge in [0, 0.05) is 24.9 Å². The molecule has 0 unspecified atom stereocenters. The molecule has 0 amide bonds. The molecule has 3 heterocycles. The maximum atomic E-state index is 13.2. The minimum atomic E-state index is -0.205. The average Bonchev–Trinajstić information content (AvgIpc) is 3.39. The smallest absolute Gasteiger partial charge is 0.228 e. The molecule has 0 bridgehead atoms. The molecule has 1 aromatic carbocycles. The molecule has 4 rings (SSSR count). The highest BCUT2D eigenvalue weighted by atomic mass is 32.2. The van der Waals surface area contributed by atoms with Crippen LogP contribution in [0.3, 0.4) is 0 Å². The molecule has 0 spiro atoms. The number of rotatable bonds is 6. The number of benzene rings is 1. The van der Waals surface area contributed by atoms with E-state index in [-0.39, 0.29) is 17.2 Å². The molecule has 5 nitrogen and oxygen atoms in total. The van der Waals surface area contributed by atoms with Gasteiger partial charge in [0.1, 0.15) is 5.82 Å². The van der Waals surface area contributed by atoms with Gasteiger partial charge in [-0.25, -0.2) is 4.39 Å². The third-order valence-electron chi connectivity index (χ3n) is 5.12. The molecule has 140 valence electrons. The summed E-state index contributed by atoms with van der Waals surface area (Å²) < 4.78 is 21.3. The number of halogens is 1. The predicted molar refractivity (Wildman–Crippen MR) is 101 cm³/mol. The zero-order valence-electron chi connectivity index (χ0n) is 15.1. The summed E-state index contributed by atoms with van der Waals surface area (Å²) in [5.41, 5.74) is 1.09. The van der Waals surface area contributed by atoms with E-state index in [4.69, 9.17) is 4.74 Å². The van der Waals surface area contributed by atoms with Gasteiger partial charge in [-0.2, -0.15) is 0 Å². The molecule has 2 atom stereocenters. The highest BCUT2D eigenvalue weighted by Crippen LogP contribution is 2.36. The van der Waals surface area contributed by atoms with Crippen LogP contribution in [0, 0.1) is 5.82 Å². The van der Waals surface area contributed by atoms with Crippen LogP contribution in [0.1, 0.15) is 43.4 Å². The fraction of sp³-hybridized carbons (Fsp3) is 0.579. The van der Waals surface area contributed by atoms with Crippen LogP contribution in [0.4, 0.5) is 10.3 Å². The molecule has 2 saturated heterocycles. The highest BCUT2D eigenvalue weighted by molar-refractivity contribution is 7.99. The summed E-state index contributed by atoms with van der Waals surface area (Å²) in [5.74, 6) is 0.760. The fourth-order valence-corrected chi connectivity index (χ4v) is 4.61. The van der Waals surface area contributed by atoms with E-state index in [1.165, 1.54) is 25.0 Å². The lowest BCUT2D eigenvalue weighted by atomic mass is 10.2. The van der Waals surface area contributed by atoms with Gasteiger partial charge < -0.3 is 9.64 Å². The first kappa shape index (κ1) is 17.8. The molecule has 1 aromatic heterocycles. The second-order valence-electron chi connectivity index (χ2n) is 7.03. The first-order valence-electron chi connectivity index (χ1n) is 9.42. The van der Waals surface area contributed by atoms with Gasteiger partial charge in [-0.1, -0.05) is 23.9 Å². The number of hydrogen-bond donors (Lipinski definition) is 0. The Bertz CT molecular complexity index is 724. The molecule has 0 saturated carbocycles. The molecule has 2 fully saturated rings. The molecule has 0 radical (unpaired) electrons. The zero-order chi connectivity index (χ0) is 17.9. The summed E-state index contributed by atoms with van der Waals surface area (Å²) in [6, 6.07) is 6.71. The first-order valence-corrected chi connectivity index (χ1v) is 10.3. The number of thioether (sulfide) groups is 1. The Balaban J connectivity index is 1.56. The monoisotopic (exact) mass is 376 g/mol. The summed E-state index contributed by atoms with van der Waals surface area (Å²) in [7, 11) is 0. The Hall–Kier alpha value is -1.60. The molecular weight excluding hydrogens is 351 g/mol. The lowest BCUT2D eigenvalue weighted by molar-refractivity contribution is 0.0952. The van der Waals surface area contributed by atoms with Crippen molar-refractivity contribution in [2.45, 2.75) is 55.7 Å². The zero-order valence-corrected chi connectivity index (χ0v) is 15.9. The third-order valence-corrected chi connectivity index (χ3v) is 6.26. The van der Waals surface area contributed by atoms with Crippen molar-refractivity contribution in [3.05, 3.63) is 35.6 Å². The summed E-state index contributed by atoms with van der Waals surface area (Å²) >= 11 is 1.68. The molecule has 2 aliphatic rings. The molecule has 2 aromatic rings. The van der Waals surface area contributed by atoms with Crippen molar-refractivity contribution >= 4 is 17.7 Å². The van der Waals surface area contributed by atoms with Gasteiger partial charge in [-0.3, -0.25) is 4.57 Å². The number of hydrogen-bond acceptors (Lipinski definition) is 5. The van der Waals surface area contributed by atoms with Crippen LogP contribution < -0.4 is 4.90 Å². The standard InChI is InChI=1S/C19H25FN4OS/c1-14(15-6-8-16(20)9-7-15)26-19-22-21-18(23-10-2-3-11-23)24(19)13-17-5-4-12-25-17/h6-9,14,17H,2-5,10-13H2,1H3/t14-,17-/m1/s1. The lowest BCUT2D eigenvalue weighted by Crippen LogP contribution is -2.25. The van der Waals surface area contributed by atoms with E-state index in [2.05, 4.69) is 26.6 Å². The van der Waals surface area contributed by atoms with Crippen molar-refractivity contribution in [3.8, 4) is 0 Å². The molecule has 2 aliphatic heterocycles. The van der Waals surface area contributed by atoms with Gasteiger partial charge in [0.25, 0.3) is 0 Å². The van der Waals surface area contributed by atoms with Gasteiger partial charge in [-0.05, 0) is 50.3 Å². The van der Waals surface area contributed by atoms with Crippen LogP contribution in [0.25, 0.3) is 0 Å². The van der Waals surface area contributed by atoms with E-state index in [0.29, 0.717) is 0 Å². The lowest BCUT2D eigenvalue weighted by Gasteiger charge is -2.21. The van der Waals surface area contributed by atoms with Crippen molar-refractivity contribution in [3.63, 3.8) is 0 Å². The van der Waals surface area contributed by atoms with Crippen molar-refractivity contribution in [2.75, 3.05) is 24.6 Å². The van der Waals surface area contributed by atoms with Crippen LogP contribution in [0.2, 0.25) is 0 Å². The molecule has 0 N–H and O–H groups in total. The molecule has 7 heteroatoms. The topological polar surface area (TPSA) is 43.2 Å². The van der Waals surface area contributed by atoms with E-state index in [0.717, 1.165) is 55.8 Å². The van der Waals surface area contributed by atoms with Gasteiger partial charge in [0.15, 0.2) is 5.16 Å². The normalized spacial score (nSPS) is 21.5.